The fourth-order valence-electron chi connectivity index (χ4n) is 3.28. The molecule has 4 rings (SSSR count). The van der Waals surface area contributed by atoms with Gasteiger partial charge in [0.1, 0.15) is 0 Å². The molecule has 0 spiro atoms. The maximum atomic E-state index is 5.97. The van der Waals surface area contributed by atoms with Crippen molar-refractivity contribution in [2.45, 2.75) is 6.67 Å². The Kier molecular flexibility index (Phi) is 3.98. The summed E-state index contributed by atoms with van der Waals surface area (Å²) >= 11 is 5.97. The predicted octanol–water partition coefficient (Wildman–Crippen LogP) is 4.07. The molecular weight excluding hydrogens is 306 g/mol. The summed E-state index contributed by atoms with van der Waals surface area (Å²) in [6.45, 7) is 5.23. The molecule has 0 radical (unpaired) electrons. The van der Waals surface area contributed by atoms with Crippen LogP contribution in [0.4, 0.5) is 5.69 Å². The van der Waals surface area contributed by atoms with E-state index < -0.39 is 0 Å². The van der Waals surface area contributed by atoms with Crippen LogP contribution >= 0.6 is 11.6 Å². The number of anilines is 1. The minimum atomic E-state index is 0.798. The number of benzene rings is 2. The number of rotatable bonds is 3. The van der Waals surface area contributed by atoms with Crippen molar-refractivity contribution in [1.82, 2.24) is 9.47 Å². The van der Waals surface area contributed by atoms with Gasteiger partial charge in [-0.25, -0.2) is 0 Å². The van der Waals surface area contributed by atoms with Gasteiger partial charge in [0, 0.05) is 48.6 Å². The Morgan fingerprint density at radius 3 is 2.35 bits per heavy atom. The van der Waals surface area contributed by atoms with E-state index in [1.807, 2.05) is 12.1 Å². The van der Waals surface area contributed by atoms with Crippen LogP contribution in [0.1, 0.15) is 0 Å². The number of halogens is 1. The van der Waals surface area contributed by atoms with E-state index in [0.29, 0.717) is 0 Å². The third-order valence-electron chi connectivity index (χ3n) is 4.60. The summed E-state index contributed by atoms with van der Waals surface area (Å²) in [4.78, 5) is 4.94. The molecule has 1 saturated heterocycles. The molecule has 23 heavy (non-hydrogen) atoms. The van der Waals surface area contributed by atoms with Crippen molar-refractivity contribution in [3.8, 4) is 0 Å². The molecule has 0 amide bonds. The molecule has 4 heteroatoms. The van der Waals surface area contributed by atoms with Gasteiger partial charge in [-0.05, 0) is 41.8 Å². The Hall–Kier alpha value is -1.97. The minimum Gasteiger partial charge on any atom is -0.369 e. The minimum absolute atomic E-state index is 0.798. The number of piperazine rings is 1. The van der Waals surface area contributed by atoms with Crippen molar-refractivity contribution in [2.75, 3.05) is 31.1 Å². The average Bonchev–Trinajstić information content (AvgIpc) is 3.00. The lowest BCUT2D eigenvalue weighted by Crippen LogP contribution is -2.46. The molecule has 1 fully saturated rings. The van der Waals surface area contributed by atoms with Crippen molar-refractivity contribution in [3.05, 3.63) is 65.8 Å². The Balaban J connectivity index is 1.41. The van der Waals surface area contributed by atoms with E-state index >= 15 is 0 Å². The van der Waals surface area contributed by atoms with Crippen LogP contribution in [0.2, 0.25) is 5.02 Å². The van der Waals surface area contributed by atoms with E-state index in [9.17, 15) is 0 Å². The van der Waals surface area contributed by atoms with Crippen LogP contribution in [0.5, 0.6) is 0 Å². The lowest BCUT2D eigenvalue weighted by Gasteiger charge is -2.36. The lowest BCUT2D eigenvalue weighted by atomic mass is 10.2. The molecule has 0 N–H and O–H groups in total. The van der Waals surface area contributed by atoms with Crippen LogP contribution in [-0.2, 0) is 6.67 Å². The zero-order chi connectivity index (χ0) is 15.6. The molecule has 0 bridgehead atoms. The van der Waals surface area contributed by atoms with E-state index in [2.05, 4.69) is 63.0 Å². The first-order valence-electron chi connectivity index (χ1n) is 8.06. The first-order valence-corrected chi connectivity index (χ1v) is 8.44. The van der Waals surface area contributed by atoms with Crippen LogP contribution < -0.4 is 4.90 Å². The maximum Gasteiger partial charge on any atom is 0.0752 e. The number of aromatic nitrogens is 1. The number of para-hydroxylation sites is 1. The molecule has 0 saturated carbocycles. The highest BCUT2D eigenvalue weighted by molar-refractivity contribution is 6.30. The smallest absolute Gasteiger partial charge is 0.0752 e. The number of hydrogen-bond acceptors (Lipinski definition) is 2. The molecule has 1 aromatic heterocycles. The van der Waals surface area contributed by atoms with Gasteiger partial charge in [0.15, 0.2) is 0 Å². The van der Waals surface area contributed by atoms with Crippen molar-refractivity contribution >= 4 is 28.2 Å². The zero-order valence-electron chi connectivity index (χ0n) is 13.0. The third kappa shape index (κ3) is 3.07. The number of hydrogen-bond donors (Lipinski definition) is 0. The summed E-state index contributed by atoms with van der Waals surface area (Å²) in [6, 6.07) is 18.9. The molecule has 1 aliphatic heterocycles. The predicted molar refractivity (Wildman–Crippen MR) is 97.2 cm³/mol. The monoisotopic (exact) mass is 325 g/mol. The molecule has 1 aliphatic rings. The van der Waals surface area contributed by atoms with Gasteiger partial charge in [-0.15, -0.1) is 0 Å². The molecule has 2 heterocycles. The van der Waals surface area contributed by atoms with E-state index in [-0.39, 0.29) is 0 Å². The second kappa shape index (κ2) is 6.26. The molecule has 0 aliphatic carbocycles. The Morgan fingerprint density at radius 1 is 0.826 bits per heavy atom. The summed E-state index contributed by atoms with van der Waals surface area (Å²) in [5, 5.41) is 2.11. The largest absolute Gasteiger partial charge is 0.369 e. The van der Waals surface area contributed by atoms with E-state index in [1.165, 1.54) is 16.6 Å². The first kappa shape index (κ1) is 14.6. The van der Waals surface area contributed by atoms with E-state index in [1.54, 1.807) is 0 Å². The van der Waals surface area contributed by atoms with Gasteiger partial charge in [0.25, 0.3) is 0 Å². The maximum absolute atomic E-state index is 5.97. The van der Waals surface area contributed by atoms with Crippen molar-refractivity contribution in [2.24, 2.45) is 0 Å². The van der Waals surface area contributed by atoms with E-state index in [4.69, 9.17) is 11.6 Å². The van der Waals surface area contributed by atoms with Crippen LogP contribution in [0, 0.1) is 0 Å². The fourth-order valence-corrected chi connectivity index (χ4v) is 3.40. The fraction of sp³-hybridized carbons (Fsp3) is 0.263. The average molecular weight is 326 g/mol. The molecule has 2 aromatic carbocycles. The summed E-state index contributed by atoms with van der Waals surface area (Å²) in [5.74, 6) is 0. The highest BCUT2D eigenvalue weighted by Gasteiger charge is 2.17. The lowest BCUT2D eigenvalue weighted by molar-refractivity contribution is 0.209. The van der Waals surface area contributed by atoms with Crippen LogP contribution in [-0.4, -0.2) is 35.6 Å². The van der Waals surface area contributed by atoms with Gasteiger partial charge in [-0.3, -0.25) is 4.90 Å². The van der Waals surface area contributed by atoms with Crippen LogP contribution in [0.15, 0.2) is 60.8 Å². The Labute approximate surface area is 141 Å². The SMILES string of the molecule is Clc1ccc(N2CCN(Cn3ccc4ccccc43)CC2)cc1. The second-order valence-corrected chi connectivity index (χ2v) is 6.50. The summed E-state index contributed by atoms with van der Waals surface area (Å²) in [5.41, 5.74) is 2.58. The van der Waals surface area contributed by atoms with Gasteiger partial charge in [0.05, 0.1) is 6.67 Å². The summed E-state index contributed by atoms with van der Waals surface area (Å²) < 4.78 is 2.34. The molecule has 0 unspecified atom stereocenters. The molecule has 118 valence electrons. The Morgan fingerprint density at radius 2 is 1.57 bits per heavy atom. The normalized spacial score (nSPS) is 16.1. The summed E-state index contributed by atoms with van der Waals surface area (Å²) in [6.07, 6.45) is 2.19. The highest BCUT2D eigenvalue weighted by Crippen LogP contribution is 2.20. The molecule has 0 atom stereocenters. The van der Waals surface area contributed by atoms with Crippen molar-refractivity contribution in [1.29, 1.82) is 0 Å². The van der Waals surface area contributed by atoms with E-state index in [0.717, 1.165) is 37.9 Å². The van der Waals surface area contributed by atoms with Crippen LogP contribution in [0.3, 0.4) is 0 Å². The molecule has 3 nitrogen and oxygen atoms in total. The third-order valence-corrected chi connectivity index (χ3v) is 4.85. The topological polar surface area (TPSA) is 11.4 Å². The van der Waals surface area contributed by atoms with Gasteiger partial charge >= 0.3 is 0 Å². The molecular formula is C19H20ClN3. The molecule has 3 aromatic rings. The van der Waals surface area contributed by atoms with Gasteiger partial charge < -0.3 is 9.47 Å². The highest BCUT2D eigenvalue weighted by atomic mass is 35.5. The van der Waals surface area contributed by atoms with Crippen molar-refractivity contribution in [3.63, 3.8) is 0 Å². The number of nitrogens with zero attached hydrogens (tertiary/aromatic N) is 3. The Bertz CT molecular complexity index is 786. The van der Waals surface area contributed by atoms with Gasteiger partial charge in [-0.2, -0.15) is 0 Å². The summed E-state index contributed by atoms with van der Waals surface area (Å²) in [7, 11) is 0. The number of fused-ring (bicyclic) bond motifs is 1. The van der Waals surface area contributed by atoms with Crippen LogP contribution in [0.25, 0.3) is 10.9 Å². The zero-order valence-corrected chi connectivity index (χ0v) is 13.8. The van der Waals surface area contributed by atoms with Crippen molar-refractivity contribution < 1.29 is 0 Å². The first-order chi connectivity index (χ1) is 11.3. The standard InChI is InChI=1S/C19H20ClN3/c20-17-5-7-18(8-6-17)22-13-11-21(12-14-22)15-23-10-9-16-3-1-2-4-19(16)23/h1-10H,11-15H2. The van der Waals surface area contributed by atoms with Gasteiger partial charge in [0.2, 0.25) is 0 Å². The second-order valence-electron chi connectivity index (χ2n) is 6.07. The quantitative estimate of drug-likeness (QED) is 0.719. The van der Waals surface area contributed by atoms with Gasteiger partial charge in [-0.1, -0.05) is 29.8 Å².